The fraction of sp³-hybridized carbons (Fsp3) is 0.500. The highest BCUT2D eigenvalue weighted by Crippen LogP contribution is 2.33. The predicted molar refractivity (Wildman–Crippen MR) is 143 cm³/mol. The molecule has 9 nitrogen and oxygen atoms in total. The third kappa shape index (κ3) is 5.96. The van der Waals surface area contributed by atoms with Crippen LogP contribution in [0.1, 0.15) is 44.1 Å². The molecular formula is C28H35FN6O3. The highest BCUT2D eigenvalue weighted by atomic mass is 19.1. The van der Waals surface area contributed by atoms with Crippen LogP contribution in [0.3, 0.4) is 0 Å². The lowest BCUT2D eigenvalue weighted by molar-refractivity contribution is -0.132. The van der Waals surface area contributed by atoms with Crippen molar-refractivity contribution in [2.75, 3.05) is 38.0 Å². The Morgan fingerprint density at radius 1 is 1.21 bits per heavy atom. The maximum Gasteiger partial charge on any atom is 0.242 e. The van der Waals surface area contributed by atoms with E-state index in [1.807, 2.05) is 0 Å². The van der Waals surface area contributed by atoms with Gasteiger partial charge in [0.25, 0.3) is 0 Å². The Morgan fingerprint density at radius 3 is 2.47 bits per heavy atom. The number of carbonyl (C=O) groups is 3. The monoisotopic (exact) mass is 522 g/mol. The molecule has 0 saturated carbocycles. The van der Waals surface area contributed by atoms with Gasteiger partial charge in [-0.2, -0.15) is 0 Å². The normalized spacial score (nSPS) is 20.6. The number of alkyl halides is 1. The highest BCUT2D eigenvalue weighted by Gasteiger charge is 2.40. The molecule has 2 aromatic rings. The van der Waals surface area contributed by atoms with Crippen LogP contribution in [-0.4, -0.2) is 82.2 Å². The number of likely N-dealkylation sites (tertiary alicyclic amines) is 2. The largest absolute Gasteiger partial charge is 0.375 e. The third-order valence-electron chi connectivity index (χ3n) is 7.24. The Morgan fingerprint density at radius 2 is 1.89 bits per heavy atom. The molecule has 4 rings (SSSR count). The van der Waals surface area contributed by atoms with Crippen LogP contribution in [0.25, 0.3) is 11.1 Å². The van der Waals surface area contributed by atoms with Crippen LogP contribution in [0.5, 0.6) is 0 Å². The molecule has 0 aliphatic carbocycles. The molecule has 0 spiro atoms. The standard InChI is InChI=1S/C28H35FN6O3/c1-17(37)26(30)24-7-20(22-9-31-18(2)32-10-22)6-21(8-29)27(24)33-11-25(38)35-13-19(5-23(35)14-36)12-34-15-28(3,4)16-34/h6-7,9-10,14,19,23,30,33H,5,8,11-13,15-16H2,1-4H3. The summed E-state index contributed by atoms with van der Waals surface area (Å²) in [6, 6.07) is 2.72. The van der Waals surface area contributed by atoms with E-state index in [9.17, 15) is 18.8 Å². The van der Waals surface area contributed by atoms with Gasteiger partial charge in [0.15, 0.2) is 5.78 Å². The van der Waals surface area contributed by atoms with E-state index in [-0.39, 0.29) is 40.9 Å². The van der Waals surface area contributed by atoms with Gasteiger partial charge in [-0.1, -0.05) is 13.8 Å². The summed E-state index contributed by atoms with van der Waals surface area (Å²) in [6.07, 6.45) is 4.64. The molecule has 1 amide bonds. The fourth-order valence-electron chi connectivity index (χ4n) is 5.54. The lowest BCUT2D eigenvalue weighted by atomic mass is 9.83. The summed E-state index contributed by atoms with van der Waals surface area (Å²) in [5.41, 5.74) is 1.82. The van der Waals surface area contributed by atoms with Gasteiger partial charge in [0.1, 0.15) is 24.5 Å². The lowest BCUT2D eigenvalue weighted by Crippen LogP contribution is -2.54. The molecule has 10 heteroatoms. The van der Waals surface area contributed by atoms with Crippen molar-refractivity contribution in [1.82, 2.24) is 19.8 Å². The van der Waals surface area contributed by atoms with E-state index in [0.717, 1.165) is 25.9 Å². The number of nitrogens with zero attached hydrogens (tertiary/aromatic N) is 4. The van der Waals surface area contributed by atoms with Gasteiger partial charge in [-0.05, 0) is 42.4 Å². The van der Waals surface area contributed by atoms with Crippen molar-refractivity contribution in [2.45, 2.75) is 46.8 Å². The SMILES string of the molecule is CC(=O)C(=N)c1cc(-c2cnc(C)nc2)cc(CF)c1NCC(=O)N1CC(CN2CC(C)(C)C2)CC1C=O. The molecule has 2 aliphatic heterocycles. The summed E-state index contributed by atoms with van der Waals surface area (Å²) in [5, 5.41) is 11.3. The van der Waals surface area contributed by atoms with Crippen LogP contribution in [-0.2, 0) is 21.1 Å². The van der Waals surface area contributed by atoms with E-state index in [0.29, 0.717) is 35.3 Å². The minimum absolute atomic E-state index is 0.189. The zero-order valence-electron chi connectivity index (χ0n) is 22.4. The van der Waals surface area contributed by atoms with E-state index in [2.05, 4.69) is 34.0 Å². The summed E-state index contributed by atoms with van der Waals surface area (Å²) in [7, 11) is 0. The number of aldehydes is 1. The quantitative estimate of drug-likeness (QED) is 0.364. The molecule has 2 N–H and O–H groups in total. The van der Waals surface area contributed by atoms with Crippen molar-refractivity contribution in [2.24, 2.45) is 11.3 Å². The Kier molecular flexibility index (Phi) is 8.01. The van der Waals surface area contributed by atoms with E-state index >= 15 is 0 Å². The number of anilines is 1. The topological polar surface area (TPSA) is 119 Å². The Labute approximate surface area is 222 Å². The Balaban J connectivity index is 1.52. The van der Waals surface area contributed by atoms with Gasteiger partial charge in [0.05, 0.1) is 18.3 Å². The molecule has 3 heterocycles. The number of amides is 1. The number of aryl methyl sites for hydroxylation is 1. The van der Waals surface area contributed by atoms with Crippen LogP contribution in [0.2, 0.25) is 0 Å². The minimum Gasteiger partial charge on any atom is -0.375 e. The van der Waals surface area contributed by atoms with Crippen molar-refractivity contribution < 1.29 is 18.8 Å². The van der Waals surface area contributed by atoms with Gasteiger partial charge in [0.2, 0.25) is 5.91 Å². The van der Waals surface area contributed by atoms with Crippen LogP contribution in [0.4, 0.5) is 10.1 Å². The number of rotatable bonds is 10. The Hall–Kier alpha value is -3.53. The van der Waals surface area contributed by atoms with Gasteiger partial charge in [-0.15, -0.1) is 0 Å². The number of halogens is 1. The van der Waals surface area contributed by atoms with Crippen molar-refractivity contribution in [1.29, 1.82) is 5.41 Å². The maximum atomic E-state index is 14.2. The van der Waals surface area contributed by atoms with E-state index in [1.54, 1.807) is 36.4 Å². The smallest absolute Gasteiger partial charge is 0.242 e. The maximum absolute atomic E-state index is 14.2. The number of hydrogen-bond donors (Lipinski definition) is 2. The predicted octanol–water partition coefficient (Wildman–Crippen LogP) is 3.05. The lowest BCUT2D eigenvalue weighted by Gasteiger charge is -2.46. The van der Waals surface area contributed by atoms with Crippen LogP contribution >= 0.6 is 0 Å². The molecule has 0 bridgehead atoms. The molecule has 2 unspecified atom stereocenters. The average molecular weight is 523 g/mol. The number of nitrogens with one attached hydrogen (secondary N) is 2. The molecule has 38 heavy (non-hydrogen) atoms. The van der Waals surface area contributed by atoms with Gasteiger partial charge >= 0.3 is 0 Å². The molecular weight excluding hydrogens is 487 g/mol. The van der Waals surface area contributed by atoms with Gasteiger partial charge < -0.3 is 19.9 Å². The molecule has 0 radical (unpaired) electrons. The number of Topliss-reactive ketones (excluding diaryl/α,β-unsaturated/α-hetero) is 1. The molecule has 1 aromatic carbocycles. The van der Waals surface area contributed by atoms with E-state index in [4.69, 9.17) is 5.41 Å². The summed E-state index contributed by atoms with van der Waals surface area (Å²) in [4.78, 5) is 49.4. The fourth-order valence-corrected chi connectivity index (χ4v) is 5.54. The van der Waals surface area contributed by atoms with Crippen LogP contribution in [0.15, 0.2) is 24.5 Å². The summed E-state index contributed by atoms with van der Waals surface area (Å²) < 4.78 is 14.2. The van der Waals surface area contributed by atoms with E-state index < -0.39 is 18.5 Å². The van der Waals surface area contributed by atoms with Crippen molar-refractivity contribution >= 4 is 29.4 Å². The molecule has 202 valence electrons. The molecule has 2 fully saturated rings. The highest BCUT2D eigenvalue weighted by molar-refractivity contribution is 6.45. The van der Waals surface area contributed by atoms with Gasteiger partial charge in [-0.3, -0.25) is 15.0 Å². The van der Waals surface area contributed by atoms with Crippen molar-refractivity contribution in [3.8, 4) is 11.1 Å². The average Bonchev–Trinajstić information content (AvgIpc) is 3.28. The number of ketones is 1. The summed E-state index contributed by atoms with van der Waals surface area (Å²) in [6.45, 7) is 9.75. The first-order valence-electron chi connectivity index (χ1n) is 12.8. The summed E-state index contributed by atoms with van der Waals surface area (Å²) in [5.74, 6) is 0.0253. The number of carbonyl (C=O) groups excluding carboxylic acids is 3. The van der Waals surface area contributed by atoms with Crippen molar-refractivity contribution in [3.63, 3.8) is 0 Å². The molecule has 2 saturated heterocycles. The number of hydrogen-bond acceptors (Lipinski definition) is 8. The number of benzene rings is 1. The molecule has 1 aromatic heterocycles. The first-order valence-corrected chi connectivity index (χ1v) is 12.8. The van der Waals surface area contributed by atoms with Crippen LogP contribution < -0.4 is 5.32 Å². The van der Waals surface area contributed by atoms with Gasteiger partial charge in [0, 0.05) is 62.2 Å². The second-order valence-corrected chi connectivity index (χ2v) is 11.2. The van der Waals surface area contributed by atoms with Crippen molar-refractivity contribution in [3.05, 3.63) is 41.5 Å². The zero-order chi connectivity index (χ0) is 27.6. The van der Waals surface area contributed by atoms with E-state index in [1.165, 1.54) is 6.92 Å². The third-order valence-corrected chi connectivity index (χ3v) is 7.24. The first-order chi connectivity index (χ1) is 18.0. The zero-order valence-corrected chi connectivity index (χ0v) is 22.4. The second-order valence-electron chi connectivity index (χ2n) is 11.2. The van der Waals surface area contributed by atoms with Crippen LogP contribution in [0, 0.1) is 23.7 Å². The Bertz CT molecular complexity index is 1240. The van der Waals surface area contributed by atoms with Gasteiger partial charge in [-0.25, -0.2) is 14.4 Å². The molecule has 2 aliphatic rings. The summed E-state index contributed by atoms with van der Waals surface area (Å²) >= 11 is 0. The number of aromatic nitrogens is 2. The molecule has 2 atom stereocenters. The first kappa shape index (κ1) is 27.5. The second kappa shape index (κ2) is 11.1. The minimum atomic E-state index is -0.871.